The Balaban J connectivity index is 2.03. The summed E-state index contributed by atoms with van der Waals surface area (Å²) >= 11 is 5.78. The Morgan fingerprint density at radius 2 is 2.12 bits per heavy atom. The monoisotopic (exact) mass is 241 g/mol. The van der Waals surface area contributed by atoms with Crippen molar-refractivity contribution in [3.05, 3.63) is 34.9 Å². The second-order valence-electron chi connectivity index (χ2n) is 3.63. The number of hydrogen-bond acceptors (Lipinski definition) is 4. The molecule has 0 aromatic heterocycles. The smallest absolute Gasteiger partial charge is 0.158 e. The van der Waals surface area contributed by atoms with Crippen molar-refractivity contribution in [2.45, 2.75) is 18.6 Å². The molecule has 4 nitrogen and oxygen atoms in total. The minimum Gasteiger partial charge on any atom is -0.393 e. The molecular formula is C11H12ClNO3. The van der Waals surface area contributed by atoms with Crippen LogP contribution in [0.2, 0.25) is 5.02 Å². The molecule has 0 bridgehead atoms. The summed E-state index contributed by atoms with van der Waals surface area (Å²) in [7, 11) is 0. The Bertz CT molecular complexity index is 391. The fourth-order valence-corrected chi connectivity index (χ4v) is 1.68. The van der Waals surface area contributed by atoms with Gasteiger partial charge in [-0.15, -0.1) is 0 Å². The van der Waals surface area contributed by atoms with E-state index >= 15 is 0 Å². The van der Waals surface area contributed by atoms with Crippen LogP contribution < -0.4 is 0 Å². The fourth-order valence-electron chi connectivity index (χ4n) is 1.55. The van der Waals surface area contributed by atoms with Crippen molar-refractivity contribution in [3.63, 3.8) is 0 Å². The molecule has 86 valence electrons. The summed E-state index contributed by atoms with van der Waals surface area (Å²) in [5.41, 5.74) is 1.43. The van der Waals surface area contributed by atoms with Gasteiger partial charge in [0.15, 0.2) is 6.10 Å². The zero-order chi connectivity index (χ0) is 11.5. The zero-order valence-electron chi connectivity index (χ0n) is 8.51. The number of aliphatic hydroxyl groups excluding tert-OH is 2. The third-order valence-corrected chi connectivity index (χ3v) is 2.74. The lowest BCUT2D eigenvalue weighted by molar-refractivity contribution is 0.0853. The van der Waals surface area contributed by atoms with E-state index in [1.54, 1.807) is 12.1 Å². The second kappa shape index (κ2) is 4.82. The van der Waals surface area contributed by atoms with E-state index in [1.165, 1.54) is 0 Å². The van der Waals surface area contributed by atoms with Gasteiger partial charge in [-0.3, -0.25) is 0 Å². The number of nitrogens with zero attached hydrogens (tertiary/aromatic N) is 1. The number of aliphatic hydroxyl groups is 2. The van der Waals surface area contributed by atoms with Gasteiger partial charge in [0.2, 0.25) is 0 Å². The lowest BCUT2D eigenvalue weighted by Gasteiger charge is -2.08. The Labute approximate surface area is 98.1 Å². The van der Waals surface area contributed by atoms with E-state index in [0.29, 0.717) is 17.2 Å². The molecule has 0 aliphatic carbocycles. The summed E-state index contributed by atoms with van der Waals surface area (Å²) in [5.74, 6) is 0. The van der Waals surface area contributed by atoms with Crippen molar-refractivity contribution < 1.29 is 15.1 Å². The van der Waals surface area contributed by atoms with Gasteiger partial charge in [-0.05, 0) is 17.7 Å². The van der Waals surface area contributed by atoms with Crippen LogP contribution in [-0.2, 0) is 4.84 Å². The van der Waals surface area contributed by atoms with Gasteiger partial charge >= 0.3 is 0 Å². The van der Waals surface area contributed by atoms with Crippen molar-refractivity contribution in [3.8, 4) is 0 Å². The molecule has 1 aromatic carbocycles. The SMILES string of the molecule is OC[C@@H](O)C1=NO[C@@H](c2ccc(Cl)cc2)C1. The summed E-state index contributed by atoms with van der Waals surface area (Å²) in [6, 6.07) is 7.27. The highest BCUT2D eigenvalue weighted by atomic mass is 35.5. The molecule has 0 saturated carbocycles. The molecule has 0 unspecified atom stereocenters. The van der Waals surface area contributed by atoms with E-state index in [2.05, 4.69) is 5.16 Å². The molecule has 0 radical (unpaired) electrons. The summed E-state index contributed by atoms with van der Waals surface area (Å²) in [6.45, 7) is -0.338. The van der Waals surface area contributed by atoms with Crippen LogP contribution in [0.25, 0.3) is 0 Å². The maximum atomic E-state index is 9.38. The molecule has 1 aromatic rings. The first-order valence-corrected chi connectivity index (χ1v) is 5.35. The van der Waals surface area contributed by atoms with Gasteiger partial charge in [0, 0.05) is 11.4 Å². The molecule has 1 aliphatic heterocycles. The van der Waals surface area contributed by atoms with Gasteiger partial charge in [-0.2, -0.15) is 0 Å². The topological polar surface area (TPSA) is 62.0 Å². The van der Waals surface area contributed by atoms with Gasteiger partial charge in [0.25, 0.3) is 0 Å². The maximum Gasteiger partial charge on any atom is 0.158 e. The summed E-state index contributed by atoms with van der Waals surface area (Å²) in [4.78, 5) is 5.19. The molecule has 0 fully saturated rings. The molecule has 16 heavy (non-hydrogen) atoms. The highest BCUT2D eigenvalue weighted by Gasteiger charge is 2.26. The molecule has 0 amide bonds. The van der Waals surface area contributed by atoms with Crippen molar-refractivity contribution >= 4 is 17.3 Å². The molecule has 0 spiro atoms. The Morgan fingerprint density at radius 3 is 2.75 bits per heavy atom. The highest BCUT2D eigenvalue weighted by Crippen LogP contribution is 2.28. The van der Waals surface area contributed by atoms with E-state index < -0.39 is 6.10 Å². The molecular weight excluding hydrogens is 230 g/mol. The number of benzene rings is 1. The van der Waals surface area contributed by atoms with Crippen LogP contribution in [0.1, 0.15) is 18.1 Å². The lowest BCUT2D eigenvalue weighted by Crippen LogP contribution is -2.23. The van der Waals surface area contributed by atoms with E-state index in [4.69, 9.17) is 21.5 Å². The summed E-state index contributed by atoms with van der Waals surface area (Å²) < 4.78 is 0. The molecule has 0 saturated heterocycles. The molecule has 2 rings (SSSR count). The van der Waals surface area contributed by atoms with Crippen molar-refractivity contribution in [2.24, 2.45) is 5.16 Å². The first kappa shape index (κ1) is 11.4. The van der Waals surface area contributed by atoms with Crippen molar-refractivity contribution in [1.29, 1.82) is 0 Å². The third-order valence-electron chi connectivity index (χ3n) is 2.49. The molecule has 1 heterocycles. The lowest BCUT2D eigenvalue weighted by atomic mass is 10.0. The van der Waals surface area contributed by atoms with Gasteiger partial charge in [0.05, 0.1) is 12.3 Å². The van der Waals surface area contributed by atoms with Gasteiger partial charge in [-0.25, -0.2) is 0 Å². The molecule has 2 N–H and O–H groups in total. The van der Waals surface area contributed by atoms with Gasteiger partial charge in [-0.1, -0.05) is 28.9 Å². The maximum absolute atomic E-state index is 9.38. The van der Waals surface area contributed by atoms with E-state index in [9.17, 15) is 5.11 Å². The Hall–Kier alpha value is -1.10. The normalized spacial score (nSPS) is 21.4. The van der Waals surface area contributed by atoms with Gasteiger partial charge in [0.1, 0.15) is 6.10 Å². The fraction of sp³-hybridized carbons (Fsp3) is 0.364. The van der Waals surface area contributed by atoms with Crippen LogP contribution in [0.4, 0.5) is 0 Å². The predicted octanol–water partition coefficient (Wildman–Crippen LogP) is 1.51. The predicted molar refractivity (Wildman–Crippen MR) is 60.4 cm³/mol. The second-order valence-corrected chi connectivity index (χ2v) is 4.07. The number of oxime groups is 1. The largest absolute Gasteiger partial charge is 0.393 e. The molecule has 5 heteroatoms. The highest BCUT2D eigenvalue weighted by molar-refractivity contribution is 6.30. The van der Waals surface area contributed by atoms with Crippen LogP contribution in [0.15, 0.2) is 29.4 Å². The van der Waals surface area contributed by atoms with Crippen LogP contribution in [0.3, 0.4) is 0 Å². The number of hydrogen-bond donors (Lipinski definition) is 2. The summed E-state index contributed by atoms with van der Waals surface area (Å²) in [6.07, 6.45) is -0.644. The molecule has 2 atom stereocenters. The Morgan fingerprint density at radius 1 is 1.44 bits per heavy atom. The quantitative estimate of drug-likeness (QED) is 0.843. The Kier molecular flexibility index (Phi) is 3.43. The minimum absolute atomic E-state index is 0.200. The van der Waals surface area contributed by atoms with E-state index in [-0.39, 0.29) is 12.7 Å². The standard InChI is InChI=1S/C11H12ClNO3/c12-8-3-1-7(2-4-8)11-5-9(13-16-11)10(15)6-14/h1-4,10-11,14-15H,5-6H2/t10-,11-/m1/s1. The number of rotatable bonds is 3. The van der Waals surface area contributed by atoms with Crippen LogP contribution in [0, 0.1) is 0 Å². The van der Waals surface area contributed by atoms with Crippen LogP contribution >= 0.6 is 11.6 Å². The zero-order valence-corrected chi connectivity index (χ0v) is 9.26. The average molecular weight is 242 g/mol. The van der Waals surface area contributed by atoms with Crippen LogP contribution in [0.5, 0.6) is 0 Å². The first-order chi connectivity index (χ1) is 7.70. The number of halogens is 1. The minimum atomic E-state index is -0.933. The third kappa shape index (κ3) is 2.35. The molecule has 1 aliphatic rings. The van der Waals surface area contributed by atoms with Crippen molar-refractivity contribution in [1.82, 2.24) is 0 Å². The van der Waals surface area contributed by atoms with E-state index in [0.717, 1.165) is 5.56 Å². The summed E-state index contributed by atoms with van der Waals surface area (Å²) in [5, 5.41) is 22.6. The first-order valence-electron chi connectivity index (χ1n) is 4.97. The van der Waals surface area contributed by atoms with E-state index in [1.807, 2.05) is 12.1 Å². The van der Waals surface area contributed by atoms with Crippen molar-refractivity contribution in [2.75, 3.05) is 6.61 Å². The average Bonchev–Trinajstić information content (AvgIpc) is 2.78. The van der Waals surface area contributed by atoms with Gasteiger partial charge < -0.3 is 15.1 Å². The van der Waals surface area contributed by atoms with Crippen LogP contribution in [-0.4, -0.2) is 28.6 Å².